The van der Waals surface area contributed by atoms with Crippen molar-refractivity contribution in [2.75, 3.05) is 48.6 Å². The molecule has 1 fully saturated rings. The molecule has 0 spiro atoms. The maximum atomic E-state index is 12.1. The second-order valence-corrected chi connectivity index (χ2v) is 8.37. The molecule has 1 aliphatic rings. The van der Waals surface area contributed by atoms with Crippen LogP contribution in [0.4, 0.5) is 22.1 Å². The summed E-state index contributed by atoms with van der Waals surface area (Å²) in [7, 11) is 0. The van der Waals surface area contributed by atoms with E-state index in [4.69, 9.17) is 21.1 Å². The van der Waals surface area contributed by atoms with E-state index in [2.05, 4.69) is 30.7 Å². The van der Waals surface area contributed by atoms with Crippen molar-refractivity contribution in [3.05, 3.63) is 76.6 Å². The molecule has 3 aromatic rings. The number of aryl methyl sites for hydroxylation is 1. The second kappa shape index (κ2) is 12.1. The summed E-state index contributed by atoms with van der Waals surface area (Å²) in [6.07, 6.45) is 1.54. The topological polar surface area (TPSA) is 101 Å². The number of anilines is 3. The molecular formula is C25H27ClN6O3. The second-order valence-electron chi connectivity index (χ2n) is 7.93. The Morgan fingerprint density at radius 3 is 2.74 bits per heavy atom. The number of ether oxygens (including phenoxy) is 2. The summed E-state index contributed by atoms with van der Waals surface area (Å²) in [6, 6.07) is 16.7. The summed E-state index contributed by atoms with van der Waals surface area (Å²) in [5.41, 5.74) is 5.74. The van der Waals surface area contributed by atoms with Gasteiger partial charge in [0.15, 0.2) is 5.82 Å². The molecule has 182 valence electrons. The van der Waals surface area contributed by atoms with Crippen LogP contribution in [0.2, 0.25) is 5.02 Å². The average Bonchev–Trinajstić information content (AvgIpc) is 2.86. The fourth-order valence-electron chi connectivity index (χ4n) is 3.45. The molecule has 0 bridgehead atoms. The first kappa shape index (κ1) is 24.4. The van der Waals surface area contributed by atoms with E-state index in [9.17, 15) is 4.79 Å². The molecule has 0 aliphatic carbocycles. The van der Waals surface area contributed by atoms with Gasteiger partial charge in [-0.25, -0.2) is 14.8 Å². The molecule has 1 aromatic heterocycles. The van der Waals surface area contributed by atoms with Crippen molar-refractivity contribution in [1.29, 1.82) is 0 Å². The summed E-state index contributed by atoms with van der Waals surface area (Å²) in [5, 5.41) is 7.58. The van der Waals surface area contributed by atoms with Gasteiger partial charge in [-0.1, -0.05) is 41.4 Å². The summed E-state index contributed by atoms with van der Waals surface area (Å²) in [5.74, 6) is 1.88. The number of nitrogens with one attached hydrogen (secondary N) is 2. The van der Waals surface area contributed by atoms with Crippen LogP contribution in [0.15, 0.2) is 59.7 Å². The molecule has 0 unspecified atom stereocenters. The van der Waals surface area contributed by atoms with Gasteiger partial charge in [0.25, 0.3) is 0 Å². The van der Waals surface area contributed by atoms with Crippen LogP contribution in [0.3, 0.4) is 0 Å². The first-order chi connectivity index (χ1) is 17.0. The Bertz CT molecular complexity index is 1170. The molecular weight excluding hydrogens is 468 g/mol. The van der Waals surface area contributed by atoms with Gasteiger partial charge >= 0.3 is 6.09 Å². The summed E-state index contributed by atoms with van der Waals surface area (Å²) >= 11 is 5.87. The van der Waals surface area contributed by atoms with Crippen molar-refractivity contribution in [3.63, 3.8) is 0 Å². The van der Waals surface area contributed by atoms with Crippen molar-refractivity contribution in [3.8, 4) is 0 Å². The maximum Gasteiger partial charge on any atom is 0.411 e. The van der Waals surface area contributed by atoms with Crippen LogP contribution in [0, 0.1) is 6.92 Å². The normalized spacial score (nSPS) is 13.6. The predicted octanol–water partition coefficient (Wildman–Crippen LogP) is 4.51. The van der Waals surface area contributed by atoms with Gasteiger partial charge < -0.3 is 14.4 Å². The van der Waals surface area contributed by atoms with E-state index in [1.807, 2.05) is 37.3 Å². The third-order valence-electron chi connectivity index (χ3n) is 5.18. The molecule has 0 radical (unpaired) electrons. The Labute approximate surface area is 209 Å². The Balaban J connectivity index is 1.40. The Morgan fingerprint density at radius 2 is 1.97 bits per heavy atom. The maximum absolute atomic E-state index is 12.1. The van der Waals surface area contributed by atoms with Crippen LogP contribution in [-0.4, -0.2) is 55.2 Å². The number of morpholine rings is 1. The van der Waals surface area contributed by atoms with Crippen molar-refractivity contribution in [2.45, 2.75) is 13.3 Å². The standard InChI is InChI=1S/C25H27ClN6O3/c1-18-3-2-4-19(15-18)17-27-31-23-16-24(32-10-13-34-14-11-32)30-22(29-23)9-12-35-25(33)28-21-7-5-20(26)6-8-21/h2-8,15-17H,9-14H2,1H3,(H,28,33)(H,29,30,31). The van der Waals surface area contributed by atoms with E-state index in [1.165, 1.54) is 0 Å². The van der Waals surface area contributed by atoms with Crippen LogP contribution in [0.1, 0.15) is 17.0 Å². The lowest BCUT2D eigenvalue weighted by Crippen LogP contribution is -2.37. The summed E-state index contributed by atoms with van der Waals surface area (Å²) in [6.45, 7) is 4.92. The average molecular weight is 495 g/mol. The van der Waals surface area contributed by atoms with Crippen molar-refractivity contribution >= 4 is 41.2 Å². The van der Waals surface area contributed by atoms with Crippen molar-refractivity contribution < 1.29 is 14.3 Å². The number of hydrogen-bond donors (Lipinski definition) is 2. The fourth-order valence-corrected chi connectivity index (χ4v) is 3.58. The fraction of sp³-hybridized carbons (Fsp3) is 0.280. The largest absolute Gasteiger partial charge is 0.449 e. The molecule has 1 aliphatic heterocycles. The highest BCUT2D eigenvalue weighted by Gasteiger charge is 2.15. The van der Waals surface area contributed by atoms with Gasteiger partial charge in [0, 0.05) is 36.3 Å². The first-order valence-electron chi connectivity index (χ1n) is 11.3. The lowest BCUT2D eigenvalue weighted by Gasteiger charge is -2.28. The molecule has 1 saturated heterocycles. The molecule has 2 aromatic carbocycles. The van der Waals surface area contributed by atoms with Crippen LogP contribution in [0.25, 0.3) is 0 Å². The van der Waals surface area contributed by atoms with Crippen LogP contribution in [-0.2, 0) is 15.9 Å². The van der Waals surface area contributed by atoms with Crippen molar-refractivity contribution in [2.24, 2.45) is 5.10 Å². The van der Waals surface area contributed by atoms with Gasteiger partial charge in [0.05, 0.1) is 19.4 Å². The quantitative estimate of drug-likeness (QED) is 0.351. The predicted molar refractivity (Wildman–Crippen MR) is 138 cm³/mol. The molecule has 0 saturated carbocycles. The zero-order chi connectivity index (χ0) is 24.5. The number of rotatable bonds is 8. The van der Waals surface area contributed by atoms with E-state index >= 15 is 0 Å². The van der Waals surface area contributed by atoms with Gasteiger partial charge in [0.1, 0.15) is 18.2 Å². The molecule has 4 rings (SSSR count). The number of carbonyl (C=O) groups excluding carboxylic acids is 1. The number of nitrogens with zero attached hydrogens (tertiary/aromatic N) is 4. The smallest absolute Gasteiger partial charge is 0.411 e. The minimum absolute atomic E-state index is 0.123. The highest BCUT2D eigenvalue weighted by Crippen LogP contribution is 2.18. The summed E-state index contributed by atoms with van der Waals surface area (Å²) < 4.78 is 10.8. The lowest BCUT2D eigenvalue weighted by atomic mass is 10.2. The van der Waals surface area contributed by atoms with E-state index in [1.54, 1.807) is 30.5 Å². The van der Waals surface area contributed by atoms with Gasteiger partial charge in [-0.2, -0.15) is 5.10 Å². The zero-order valence-corrected chi connectivity index (χ0v) is 20.2. The summed E-state index contributed by atoms with van der Waals surface area (Å²) in [4.78, 5) is 23.5. The molecule has 2 heterocycles. The Morgan fingerprint density at radius 1 is 1.17 bits per heavy atom. The third kappa shape index (κ3) is 7.66. The molecule has 2 N–H and O–H groups in total. The van der Waals surface area contributed by atoms with Gasteiger partial charge in [-0.15, -0.1) is 0 Å². The number of halogens is 1. The number of benzene rings is 2. The lowest BCUT2D eigenvalue weighted by molar-refractivity contribution is 0.122. The van der Waals surface area contributed by atoms with Crippen LogP contribution < -0.4 is 15.6 Å². The molecule has 9 nitrogen and oxygen atoms in total. The number of amides is 1. The number of hydrogen-bond acceptors (Lipinski definition) is 8. The van der Waals surface area contributed by atoms with E-state index in [-0.39, 0.29) is 6.61 Å². The van der Waals surface area contributed by atoms with Gasteiger partial charge in [0.2, 0.25) is 0 Å². The van der Waals surface area contributed by atoms with Crippen molar-refractivity contribution in [1.82, 2.24) is 9.97 Å². The van der Waals surface area contributed by atoms with Gasteiger partial charge in [-0.3, -0.25) is 10.7 Å². The zero-order valence-electron chi connectivity index (χ0n) is 19.4. The Kier molecular flexibility index (Phi) is 8.48. The monoisotopic (exact) mass is 494 g/mol. The molecule has 1 amide bonds. The number of aromatic nitrogens is 2. The number of carbonyl (C=O) groups is 1. The third-order valence-corrected chi connectivity index (χ3v) is 5.43. The minimum Gasteiger partial charge on any atom is -0.449 e. The van der Waals surface area contributed by atoms with E-state index in [0.29, 0.717) is 42.0 Å². The first-order valence-corrected chi connectivity index (χ1v) is 11.7. The van der Waals surface area contributed by atoms with Crippen LogP contribution in [0.5, 0.6) is 0 Å². The van der Waals surface area contributed by atoms with Gasteiger partial charge in [-0.05, 0) is 36.8 Å². The highest BCUT2D eigenvalue weighted by atomic mass is 35.5. The van der Waals surface area contributed by atoms with E-state index < -0.39 is 6.09 Å². The Hall–Kier alpha value is -3.69. The van der Waals surface area contributed by atoms with E-state index in [0.717, 1.165) is 30.0 Å². The minimum atomic E-state index is -0.558. The SMILES string of the molecule is Cc1cccc(C=NNc2cc(N3CCOCC3)nc(CCOC(=O)Nc3ccc(Cl)cc3)n2)c1. The highest BCUT2D eigenvalue weighted by molar-refractivity contribution is 6.30. The molecule has 35 heavy (non-hydrogen) atoms. The molecule has 0 atom stereocenters. The molecule has 10 heteroatoms. The number of hydrazone groups is 1. The van der Waals surface area contributed by atoms with Crippen LogP contribution >= 0.6 is 11.6 Å².